The molecule has 1 N–H and O–H groups in total. The average molecular weight is 450 g/mol. The van der Waals surface area contributed by atoms with Gasteiger partial charge in [0.15, 0.2) is 28.6 Å². The lowest BCUT2D eigenvalue weighted by atomic mass is 10.1. The Bertz CT molecular complexity index is 1220. The van der Waals surface area contributed by atoms with Crippen LogP contribution in [0.4, 0.5) is 0 Å². The smallest absolute Gasteiger partial charge is 0.257 e. The van der Waals surface area contributed by atoms with Crippen LogP contribution < -0.4 is 23.7 Å². The van der Waals surface area contributed by atoms with Crippen LogP contribution >= 0.6 is 0 Å². The van der Waals surface area contributed by atoms with Crippen LogP contribution in [0.1, 0.15) is 17.2 Å². The molecule has 0 radical (unpaired) electrons. The Morgan fingerprint density at radius 1 is 1.09 bits per heavy atom. The van der Waals surface area contributed by atoms with Crippen molar-refractivity contribution in [1.82, 2.24) is 9.71 Å². The number of aromatic nitrogens is 1. The number of amides is 1. The average Bonchev–Trinajstić information content (AvgIpc) is 3.38. The van der Waals surface area contributed by atoms with E-state index in [2.05, 4.69) is 9.71 Å². The number of nitrogens with one attached hydrogen (secondary N) is 1. The quantitative estimate of drug-likeness (QED) is 0.614. The van der Waals surface area contributed by atoms with Crippen molar-refractivity contribution in [2.75, 3.05) is 13.7 Å². The van der Waals surface area contributed by atoms with E-state index in [1.807, 2.05) is 18.2 Å². The molecular formula is C23H18N2O6S. The SMILES string of the molecule is COc1ccc(Oc2cccc3c2OC[C@H]3Oc2ccc(C3=CC(=O)NS3=O)cc2)nc1. The second kappa shape index (κ2) is 8.35. The number of benzene rings is 2. The largest absolute Gasteiger partial charge is 0.495 e. The third-order valence-corrected chi connectivity index (χ3v) is 6.11. The van der Waals surface area contributed by atoms with E-state index in [0.717, 1.165) is 5.56 Å². The summed E-state index contributed by atoms with van der Waals surface area (Å²) in [6.45, 7) is 0.334. The number of ether oxygens (including phenoxy) is 4. The molecule has 0 fully saturated rings. The first-order chi connectivity index (χ1) is 15.6. The number of nitrogens with zero attached hydrogens (tertiary/aromatic N) is 1. The van der Waals surface area contributed by atoms with Gasteiger partial charge in [-0.25, -0.2) is 9.19 Å². The zero-order valence-electron chi connectivity index (χ0n) is 16.9. The molecule has 1 unspecified atom stereocenters. The van der Waals surface area contributed by atoms with E-state index in [1.165, 1.54) is 6.08 Å². The molecule has 3 heterocycles. The number of rotatable bonds is 6. The topological polar surface area (TPSA) is 96.0 Å². The Morgan fingerprint density at radius 3 is 2.59 bits per heavy atom. The molecule has 8 nitrogen and oxygen atoms in total. The van der Waals surface area contributed by atoms with Crippen LogP contribution in [-0.4, -0.2) is 28.8 Å². The van der Waals surface area contributed by atoms with Crippen molar-refractivity contribution in [3.8, 4) is 28.9 Å². The maximum Gasteiger partial charge on any atom is 0.257 e. The molecule has 0 bridgehead atoms. The summed E-state index contributed by atoms with van der Waals surface area (Å²) in [5.74, 6) is 2.50. The predicted molar refractivity (Wildman–Crippen MR) is 117 cm³/mol. The van der Waals surface area contributed by atoms with Crippen LogP contribution in [0.5, 0.6) is 28.9 Å². The third kappa shape index (κ3) is 3.90. The minimum absolute atomic E-state index is 0.314. The van der Waals surface area contributed by atoms with Crippen molar-refractivity contribution in [2.24, 2.45) is 0 Å². The van der Waals surface area contributed by atoms with Gasteiger partial charge in [-0.05, 0) is 29.8 Å². The fraction of sp³-hybridized carbons (Fsp3) is 0.130. The zero-order chi connectivity index (χ0) is 22.1. The summed E-state index contributed by atoms with van der Waals surface area (Å²) in [4.78, 5) is 16.1. The molecule has 2 aromatic carbocycles. The molecular weight excluding hydrogens is 432 g/mol. The zero-order valence-corrected chi connectivity index (χ0v) is 17.8. The van der Waals surface area contributed by atoms with E-state index in [4.69, 9.17) is 18.9 Å². The van der Waals surface area contributed by atoms with Gasteiger partial charge in [0, 0.05) is 17.7 Å². The number of hydrogen-bond donors (Lipinski definition) is 1. The lowest BCUT2D eigenvalue weighted by molar-refractivity contribution is -0.114. The summed E-state index contributed by atoms with van der Waals surface area (Å²) in [6.07, 6.45) is 2.61. The van der Waals surface area contributed by atoms with E-state index in [1.54, 1.807) is 49.7 Å². The second-order valence-electron chi connectivity index (χ2n) is 7.00. The molecule has 2 atom stereocenters. The van der Waals surface area contributed by atoms with Crippen molar-refractivity contribution < 1.29 is 28.0 Å². The Hall–Kier alpha value is -3.85. The number of carbonyl (C=O) groups excluding carboxylic acids is 1. The van der Waals surface area contributed by atoms with Crippen LogP contribution in [0.25, 0.3) is 4.91 Å². The molecule has 2 aliphatic rings. The Morgan fingerprint density at radius 2 is 1.91 bits per heavy atom. The molecule has 0 aliphatic carbocycles. The van der Waals surface area contributed by atoms with Gasteiger partial charge >= 0.3 is 0 Å². The van der Waals surface area contributed by atoms with Crippen LogP contribution in [0.3, 0.4) is 0 Å². The van der Waals surface area contributed by atoms with Crippen molar-refractivity contribution in [2.45, 2.75) is 6.10 Å². The molecule has 1 amide bonds. The normalized spacial score (nSPS) is 18.9. The van der Waals surface area contributed by atoms with Crippen LogP contribution in [0, 0.1) is 0 Å². The number of pyridine rings is 1. The molecule has 32 heavy (non-hydrogen) atoms. The fourth-order valence-electron chi connectivity index (χ4n) is 3.43. The van der Waals surface area contributed by atoms with Crippen LogP contribution in [0.15, 0.2) is 66.9 Å². The maximum atomic E-state index is 11.9. The monoisotopic (exact) mass is 450 g/mol. The molecule has 3 aromatic rings. The molecule has 5 rings (SSSR count). The number of carbonyl (C=O) groups is 1. The van der Waals surface area contributed by atoms with Gasteiger partial charge in [-0.1, -0.05) is 24.3 Å². The molecule has 0 saturated heterocycles. The van der Waals surface area contributed by atoms with Gasteiger partial charge in [-0.2, -0.15) is 0 Å². The van der Waals surface area contributed by atoms with E-state index in [0.29, 0.717) is 46.0 Å². The van der Waals surface area contributed by atoms with E-state index >= 15 is 0 Å². The molecule has 2 aliphatic heterocycles. The highest BCUT2D eigenvalue weighted by atomic mass is 32.2. The van der Waals surface area contributed by atoms with Gasteiger partial charge < -0.3 is 18.9 Å². The number of hydrogen-bond acceptors (Lipinski definition) is 7. The van der Waals surface area contributed by atoms with Gasteiger partial charge in [0.25, 0.3) is 5.91 Å². The van der Waals surface area contributed by atoms with E-state index < -0.39 is 11.0 Å². The van der Waals surface area contributed by atoms with Gasteiger partial charge in [0.1, 0.15) is 18.1 Å². The number of para-hydroxylation sites is 1. The molecule has 9 heteroatoms. The summed E-state index contributed by atoms with van der Waals surface area (Å²) in [5.41, 5.74) is 1.56. The van der Waals surface area contributed by atoms with Gasteiger partial charge in [0.05, 0.1) is 18.2 Å². The lowest BCUT2D eigenvalue weighted by Crippen LogP contribution is -2.16. The highest BCUT2D eigenvalue weighted by Gasteiger charge is 2.29. The standard InChI is InChI=1S/C23H18N2O6S/c1-28-16-9-10-22(24-12-16)31-18-4-2-3-17-19(13-29-23(17)18)30-15-7-5-14(6-8-15)20-11-21(26)25-32(20)27/h2-12,19H,13H2,1H3,(H,25,26)/t19-,32?/m1/s1. The van der Waals surface area contributed by atoms with Crippen molar-refractivity contribution in [3.05, 3.63) is 78.0 Å². The maximum absolute atomic E-state index is 11.9. The molecule has 162 valence electrons. The summed E-state index contributed by atoms with van der Waals surface area (Å²) >= 11 is 0. The highest BCUT2D eigenvalue weighted by molar-refractivity contribution is 7.93. The molecule has 0 saturated carbocycles. The Labute approximate surface area is 186 Å². The van der Waals surface area contributed by atoms with Crippen molar-refractivity contribution in [3.63, 3.8) is 0 Å². The Balaban J connectivity index is 1.31. The summed E-state index contributed by atoms with van der Waals surface area (Å²) in [5, 5.41) is 0. The molecule has 1 aromatic heterocycles. The summed E-state index contributed by atoms with van der Waals surface area (Å²) in [7, 11) is 0.0487. The van der Waals surface area contributed by atoms with Gasteiger partial charge in [-0.15, -0.1) is 0 Å². The first-order valence-corrected chi connectivity index (χ1v) is 10.9. The number of methoxy groups -OCH3 is 1. The fourth-order valence-corrected chi connectivity index (χ4v) is 4.34. The third-order valence-electron chi connectivity index (χ3n) is 4.97. The van der Waals surface area contributed by atoms with E-state index in [9.17, 15) is 9.00 Å². The van der Waals surface area contributed by atoms with Gasteiger partial charge in [0.2, 0.25) is 5.88 Å². The molecule has 0 spiro atoms. The second-order valence-corrected chi connectivity index (χ2v) is 8.18. The first kappa shape index (κ1) is 20.1. The first-order valence-electron chi connectivity index (χ1n) is 9.75. The minimum Gasteiger partial charge on any atom is -0.495 e. The van der Waals surface area contributed by atoms with Crippen LogP contribution in [-0.2, 0) is 15.8 Å². The lowest BCUT2D eigenvalue weighted by Gasteiger charge is -2.13. The predicted octanol–water partition coefficient (Wildman–Crippen LogP) is 3.53. The number of fused-ring (bicyclic) bond motifs is 1. The van der Waals surface area contributed by atoms with E-state index in [-0.39, 0.29) is 12.0 Å². The Kier molecular flexibility index (Phi) is 5.24. The highest BCUT2D eigenvalue weighted by Crippen LogP contribution is 2.43. The van der Waals surface area contributed by atoms with Gasteiger partial charge in [-0.3, -0.25) is 9.52 Å². The summed E-state index contributed by atoms with van der Waals surface area (Å²) < 4.78 is 37.3. The summed E-state index contributed by atoms with van der Waals surface area (Å²) in [6, 6.07) is 16.2. The van der Waals surface area contributed by atoms with Crippen molar-refractivity contribution in [1.29, 1.82) is 0 Å². The van der Waals surface area contributed by atoms with Crippen LogP contribution in [0.2, 0.25) is 0 Å². The minimum atomic E-state index is -1.53. The van der Waals surface area contributed by atoms with Crippen molar-refractivity contribution >= 4 is 21.8 Å².